The first kappa shape index (κ1) is 19.6. The molecule has 1 unspecified atom stereocenters. The van der Waals surface area contributed by atoms with E-state index in [2.05, 4.69) is 0 Å². The van der Waals surface area contributed by atoms with Gasteiger partial charge in [-0.25, -0.2) is 4.39 Å². The predicted molar refractivity (Wildman–Crippen MR) is 99.0 cm³/mol. The molecule has 1 heterocycles. The molecule has 27 heavy (non-hydrogen) atoms. The van der Waals surface area contributed by atoms with Gasteiger partial charge in [0.25, 0.3) is 0 Å². The summed E-state index contributed by atoms with van der Waals surface area (Å²) in [6.45, 7) is 3.71. The van der Waals surface area contributed by atoms with Crippen LogP contribution in [0.2, 0.25) is 0 Å². The average molecular weight is 377 g/mol. The van der Waals surface area contributed by atoms with E-state index in [1.807, 2.05) is 0 Å². The molecule has 1 aliphatic carbocycles. The Morgan fingerprint density at radius 3 is 2.74 bits per heavy atom. The lowest BCUT2D eigenvalue weighted by Crippen LogP contribution is -2.31. The summed E-state index contributed by atoms with van der Waals surface area (Å²) >= 11 is 0. The fraction of sp³-hybridized carbons (Fsp3) is 0.619. The lowest BCUT2D eigenvalue weighted by molar-refractivity contribution is -0.148. The molecule has 148 valence electrons. The van der Waals surface area contributed by atoms with E-state index in [-0.39, 0.29) is 30.7 Å². The van der Waals surface area contributed by atoms with Crippen molar-refractivity contribution in [3.8, 4) is 5.75 Å². The third-order valence-electron chi connectivity index (χ3n) is 5.48. The molecule has 6 heteroatoms. The number of rotatable bonds is 7. The van der Waals surface area contributed by atoms with Crippen molar-refractivity contribution in [1.29, 1.82) is 0 Å². The minimum absolute atomic E-state index is 0.190. The van der Waals surface area contributed by atoms with Crippen molar-refractivity contribution >= 4 is 11.9 Å². The third-order valence-corrected chi connectivity index (χ3v) is 5.48. The molecule has 3 rings (SSSR count). The highest BCUT2D eigenvalue weighted by molar-refractivity contribution is 5.94. The second kappa shape index (κ2) is 9.20. The van der Waals surface area contributed by atoms with Crippen molar-refractivity contribution in [3.05, 3.63) is 29.6 Å². The van der Waals surface area contributed by atoms with Crippen molar-refractivity contribution in [1.82, 2.24) is 4.90 Å². The summed E-state index contributed by atoms with van der Waals surface area (Å²) < 4.78 is 24.6. The van der Waals surface area contributed by atoms with Crippen LogP contribution in [-0.2, 0) is 14.3 Å². The van der Waals surface area contributed by atoms with Crippen LogP contribution < -0.4 is 4.74 Å². The Labute approximate surface area is 159 Å². The molecule has 1 saturated carbocycles. The van der Waals surface area contributed by atoms with Crippen LogP contribution in [0.25, 0.3) is 0 Å². The molecule has 1 aliphatic heterocycles. The molecule has 0 N–H and O–H groups in total. The van der Waals surface area contributed by atoms with Crippen molar-refractivity contribution < 1.29 is 23.5 Å². The Morgan fingerprint density at radius 2 is 2.00 bits per heavy atom. The van der Waals surface area contributed by atoms with Crippen LogP contribution in [0.3, 0.4) is 0 Å². The molecule has 1 amide bonds. The van der Waals surface area contributed by atoms with Gasteiger partial charge in [-0.1, -0.05) is 12.8 Å². The maximum atomic E-state index is 13.7. The van der Waals surface area contributed by atoms with Crippen LogP contribution in [0.15, 0.2) is 18.2 Å². The number of hydrogen-bond donors (Lipinski definition) is 0. The SMILES string of the molecule is CCOC(=O)CC(=O)N1CCC(COc2ccc(F)cc2C2CCCC2)C1. The average Bonchev–Trinajstić information content (AvgIpc) is 3.33. The van der Waals surface area contributed by atoms with Crippen LogP contribution >= 0.6 is 0 Å². The Morgan fingerprint density at radius 1 is 1.22 bits per heavy atom. The Hall–Kier alpha value is -2.11. The van der Waals surface area contributed by atoms with E-state index >= 15 is 0 Å². The number of halogens is 1. The maximum absolute atomic E-state index is 13.7. The second-order valence-corrected chi connectivity index (χ2v) is 7.45. The molecular weight excluding hydrogens is 349 g/mol. The van der Waals surface area contributed by atoms with Crippen molar-refractivity contribution in [2.24, 2.45) is 5.92 Å². The smallest absolute Gasteiger partial charge is 0.315 e. The van der Waals surface area contributed by atoms with Gasteiger partial charge in [-0.05, 0) is 50.3 Å². The number of ether oxygens (including phenoxy) is 2. The Bertz CT molecular complexity index is 672. The van der Waals surface area contributed by atoms with Gasteiger partial charge in [0.05, 0.1) is 13.2 Å². The van der Waals surface area contributed by atoms with Gasteiger partial charge in [-0.2, -0.15) is 0 Å². The lowest BCUT2D eigenvalue weighted by atomic mass is 9.96. The fourth-order valence-corrected chi connectivity index (χ4v) is 4.06. The van der Waals surface area contributed by atoms with Gasteiger partial charge in [-0.15, -0.1) is 0 Å². The molecular formula is C21H28FNO4. The standard InChI is InChI=1S/C21H28FNO4/c1-2-26-21(25)12-20(24)23-10-9-15(13-23)14-27-19-8-7-17(22)11-18(19)16-5-3-4-6-16/h7-8,11,15-16H,2-6,9-10,12-14H2,1H3. The van der Waals surface area contributed by atoms with Gasteiger partial charge in [0.1, 0.15) is 18.0 Å². The van der Waals surface area contributed by atoms with E-state index in [1.54, 1.807) is 24.0 Å². The Balaban J connectivity index is 1.52. The van der Waals surface area contributed by atoms with Crippen LogP contribution in [0.4, 0.5) is 4.39 Å². The number of esters is 1. The first-order valence-electron chi connectivity index (χ1n) is 9.92. The van der Waals surface area contributed by atoms with Crippen LogP contribution in [0.5, 0.6) is 5.75 Å². The van der Waals surface area contributed by atoms with Crippen LogP contribution in [-0.4, -0.2) is 43.1 Å². The second-order valence-electron chi connectivity index (χ2n) is 7.45. The predicted octanol–water partition coefficient (Wildman–Crippen LogP) is 3.66. The summed E-state index contributed by atoms with van der Waals surface area (Å²) in [6.07, 6.45) is 5.17. The summed E-state index contributed by atoms with van der Waals surface area (Å²) in [5, 5.41) is 0. The summed E-state index contributed by atoms with van der Waals surface area (Å²) in [4.78, 5) is 25.3. The van der Waals surface area contributed by atoms with Crippen LogP contribution in [0.1, 0.15) is 56.9 Å². The summed E-state index contributed by atoms with van der Waals surface area (Å²) in [5.74, 6) is 0.471. The number of amides is 1. The molecule has 0 spiro atoms. The molecule has 0 radical (unpaired) electrons. The largest absolute Gasteiger partial charge is 0.493 e. The zero-order chi connectivity index (χ0) is 19.2. The Kier molecular flexibility index (Phi) is 6.69. The summed E-state index contributed by atoms with van der Waals surface area (Å²) in [5.41, 5.74) is 0.973. The highest BCUT2D eigenvalue weighted by atomic mass is 19.1. The van der Waals surface area contributed by atoms with Gasteiger partial charge in [-0.3, -0.25) is 9.59 Å². The third kappa shape index (κ3) is 5.21. The van der Waals surface area contributed by atoms with Crippen molar-refractivity contribution in [2.45, 2.75) is 51.4 Å². The minimum atomic E-state index is -0.477. The first-order chi connectivity index (χ1) is 13.1. The van der Waals surface area contributed by atoms with Gasteiger partial charge >= 0.3 is 5.97 Å². The van der Waals surface area contributed by atoms with Gasteiger partial charge in [0.15, 0.2) is 0 Å². The molecule has 1 saturated heterocycles. The monoisotopic (exact) mass is 377 g/mol. The van der Waals surface area contributed by atoms with Crippen LogP contribution in [0, 0.1) is 11.7 Å². The number of hydrogen-bond acceptors (Lipinski definition) is 4. The molecule has 2 aliphatic rings. The van der Waals surface area contributed by atoms with E-state index in [9.17, 15) is 14.0 Å². The van der Waals surface area contributed by atoms with Gasteiger partial charge in [0.2, 0.25) is 5.91 Å². The molecule has 0 bridgehead atoms. The summed E-state index contributed by atoms with van der Waals surface area (Å²) in [7, 11) is 0. The van der Waals surface area contributed by atoms with Gasteiger partial charge in [0, 0.05) is 24.6 Å². The van der Waals surface area contributed by atoms with E-state index in [0.717, 1.165) is 30.6 Å². The quantitative estimate of drug-likeness (QED) is 0.537. The molecule has 2 fully saturated rings. The molecule has 0 aromatic heterocycles. The molecule has 1 atom stereocenters. The topological polar surface area (TPSA) is 55.8 Å². The first-order valence-corrected chi connectivity index (χ1v) is 9.92. The number of benzene rings is 1. The highest BCUT2D eigenvalue weighted by Crippen LogP contribution is 2.39. The van der Waals surface area contributed by atoms with E-state index < -0.39 is 5.97 Å². The van der Waals surface area contributed by atoms with Crippen molar-refractivity contribution in [3.63, 3.8) is 0 Å². The van der Waals surface area contributed by atoms with Gasteiger partial charge < -0.3 is 14.4 Å². The molecule has 1 aromatic rings. The van der Waals surface area contributed by atoms with E-state index in [1.165, 1.54) is 18.9 Å². The molecule has 1 aromatic carbocycles. The number of nitrogens with zero attached hydrogens (tertiary/aromatic N) is 1. The minimum Gasteiger partial charge on any atom is -0.493 e. The highest BCUT2D eigenvalue weighted by Gasteiger charge is 2.29. The number of carbonyl (C=O) groups is 2. The number of carbonyl (C=O) groups excluding carboxylic acids is 2. The lowest BCUT2D eigenvalue weighted by Gasteiger charge is -2.19. The zero-order valence-corrected chi connectivity index (χ0v) is 15.9. The summed E-state index contributed by atoms with van der Waals surface area (Å²) in [6, 6.07) is 4.77. The van der Waals surface area contributed by atoms with E-state index in [4.69, 9.17) is 9.47 Å². The van der Waals surface area contributed by atoms with Crippen molar-refractivity contribution in [2.75, 3.05) is 26.3 Å². The zero-order valence-electron chi connectivity index (χ0n) is 15.9. The number of likely N-dealkylation sites (tertiary alicyclic amines) is 1. The fourth-order valence-electron chi connectivity index (χ4n) is 4.06. The molecule has 5 nitrogen and oxygen atoms in total. The maximum Gasteiger partial charge on any atom is 0.315 e. The normalized spacial score (nSPS) is 20.1. The van der Waals surface area contributed by atoms with E-state index in [0.29, 0.717) is 25.6 Å².